The molecule has 0 saturated heterocycles. The summed E-state index contributed by atoms with van der Waals surface area (Å²) in [5.41, 5.74) is 3.09. The first-order valence-corrected chi connectivity index (χ1v) is 11.8. The zero-order valence-electron chi connectivity index (χ0n) is 19.3. The molecular weight excluding hydrogens is 452 g/mol. The summed E-state index contributed by atoms with van der Waals surface area (Å²) in [6.07, 6.45) is 1.68. The van der Waals surface area contributed by atoms with E-state index in [4.69, 9.17) is 4.74 Å². The van der Waals surface area contributed by atoms with Gasteiger partial charge in [-0.05, 0) is 57.0 Å². The highest BCUT2D eigenvalue weighted by Gasteiger charge is 2.23. The van der Waals surface area contributed by atoms with Crippen LogP contribution in [0.3, 0.4) is 0 Å². The fourth-order valence-corrected chi connectivity index (χ4v) is 4.62. The van der Waals surface area contributed by atoms with Gasteiger partial charge in [0.2, 0.25) is 0 Å². The summed E-state index contributed by atoms with van der Waals surface area (Å²) < 4.78 is 6.54. The third-order valence-electron chi connectivity index (χ3n) is 5.40. The maximum atomic E-state index is 13.3. The van der Waals surface area contributed by atoms with Crippen molar-refractivity contribution in [2.24, 2.45) is 0 Å². The van der Waals surface area contributed by atoms with Crippen LogP contribution >= 0.6 is 11.8 Å². The summed E-state index contributed by atoms with van der Waals surface area (Å²) >= 11 is 1.15. The topological polar surface area (TPSA) is 107 Å². The van der Waals surface area contributed by atoms with Gasteiger partial charge in [0, 0.05) is 11.9 Å². The molecular formula is C25H24N4O4S. The summed E-state index contributed by atoms with van der Waals surface area (Å²) in [7, 11) is 0. The Kier molecular flexibility index (Phi) is 6.65. The van der Waals surface area contributed by atoms with Gasteiger partial charge in [0.15, 0.2) is 10.9 Å². The van der Waals surface area contributed by atoms with Gasteiger partial charge >= 0.3 is 5.97 Å². The van der Waals surface area contributed by atoms with Crippen LogP contribution in [-0.4, -0.2) is 43.6 Å². The molecule has 0 unspecified atom stereocenters. The molecule has 0 bridgehead atoms. The van der Waals surface area contributed by atoms with Crippen LogP contribution in [0.4, 0.5) is 0 Å². The van der Waals surface area contributed by atoms with Crippen molar-refractivity contribution in [1.29, 1.82) is 0 Å². The number of pyridine rings is 1. The summed E-state index contributed by atoms with van der Waals surface area (Å²) in [5.74, 6) is -0.233. The molecule has 0 atom stereocenters. The van der Waals surface area contributed by atoms with E-state index in [0.717, 1.165) is 17.3 Å². The van der Waals surface area contributed by atoms with Gasteiger partial charge in [0.05, 0.1) is 34.5 Å². The molecule has 0 aliphatic carbocycles. The normalized spacial score (nSPS) is 11.1. The Morgan fingerprint density at radius 1 is 1.12 bits per heavy atom. The first kappa shape index (κ1) is 23.4. The van der Waals surface area contributed by atoms with Crippen molar-refractivity contribution < 1.29 is 14.3 Å². The average molecular weight is 477 g/mol. The third kappa shape index (κ3) is 4.38. The van der Waals surface area contributed by atoms with Gasteiger partial charge < -0.3 is 9.72 Å². The van der Waals surface area contributed by atoms with E-state index in [2.05, 4.69) is 15.0 Å². The molecule has 3 heterocycles. The van der Waals surface area contributed by atoms with Crippen molar-refractivity contribution in [3.8, 4) is 5.82 Å². The lowest BCUT2D eigenvalue weighted by Gasteiger charge is -2.12. The average Bonchev–Trinajstić information content (AvgIpc) is 3.12. The molecule has 0 fully saturated rings. The van der Waals surface area contributed by atoms with Gasteiger partial charge in [-0.15, -0.1) is 0 Å². The van der Waals surface area contributed by atoms with Crippen LogP contribution in [0.15, 0.2) is 52.5 Å². The highest BCUT2D eigenvalue weighted by atomic mass is 32.2. The maximum Gasteiger partial charge on any atom is 0.340 e. The van der Waals surface area contributed by atoms with E-state index < -0.39 is 5.97 Å². The molecule has 0 aliphatic rings. The van der Waals surface area contributed by atoms with Gasteiger partial charge in [0.25, 0.3) is 5.56 Å². The van der Waals surface area contributed by atoms with Crippen LogP contribution in [0.2, 0.25) is 0 Å². The number of thioether (sulfide) groups is 1. The van der Waals surface area contributed by atoms with Gasteiger partial charge in [0.1, 0.15) is 5.82 Å². The molecule has 0 radical (unpaired) electrons. The number of ketones is 1. The van der Waals surface area contributed by atoms with E-state index in [-0.39, 0.29) is 23.7 Å². The minimum atomic E-state index is -0.462. The summed E-state index contributed by atoms with van der Waals surface area (Å²) in [6.45, 7) is 7.35. The molecule has 1 aromatic carbocycles. The highest BCUT2D eigenvalue weighted by Crippen LogP contribution is 2.24. The second kappa shape index (κ2) is 9.64. The Hall–Kier alpha value is -3.72. The standard InChI is InChI=1S/C25H24N4O4S/c1-5-33-24(32)21-15(3)22(27-16(21)4)19(30)13-34-25-28-18-9-7-6-8-17(18)23(31)29(25)20-11-10-14(2)12-26-20/h6-12,27H,5,13H2,1-4H3. The van der Waals surface area contributed by atoms with Crippen LogP contribution < -0.4 is 5.56 Å². The zero-order chi connectivity index (χ0) is 24.4. The lowest BCUT2D eigenvalue weighted by atomic mass is 10.1. The largest absolute Gasteiger partial charge is 0.462 e. The summed E-state index contributed by atoms with van der Waals surface area (Å²) in [6, 6.07) is 10.7. The number of carbonyl (C=O) groups is 2. The third-order valence-corrected chi connectivity index (χ3v) is 6.34. The molecule has 0 saturated carbocycles. The van der Waals surface area contributed by atoms with Gasteiger partial charge in [-0.1, -0.05) is 30.0 Å². The number of nitrogens with one attached hydrogen (secondary N) is 1. The van der Waals surface area contributed by atoms with Crippen LogP contribution in [-0.2, 0) is 4.74 Å². The van der Waals surface area contributed by atoms with Crippen molar-refractivity contribution in [3.05, 3.63) is 81.0 Å². The predicted molar refractivity (Wildman–Crippen MR) is 131 cm³/mol. The van der Waals surface area contributed by atoms with Crippen molar-refractivity contribution in [2.45, 2.75) is 32.9 Å². The summed E-state index contributed by atoms with van der Waals surface area (Å²) in [4.78, 5) is 50.7. The van der Waals surface area contributed by atoms with Gasteiger partial charge in [-0.2, -0.15) is 0 Å². The molecule has 34 heavy (non-hydrogen) atoms. The lowest BCUT2D eigenvalue weighted by Crippen LogP contribution is -2.23. The highest BCUT2D eigenvalue weighted by molar-refractivity contribution is 7.99. The molecule has 0 spiro atoms. The van der Waals surface area contributed by atoms with E-state index in [1.54, 1.807) is 51.2 Å². The van der Waals surface area contributed by atoms with E-state index in [1.807, 2.05) is 19.1 Å². The van der Waals surface area contributed by atoms with Crippen LogP contribution in [0, 0.1) is 20.8 Å². The van der Waals surface area contributed by atoms with Gasteiger partial charge in [-0.3, -0.25) is 9.59 Å². The van der Waals surface area contributed by atoms with Gasteiger partial charge in [-0.25, -0.2) is 19.3 Å². The molecule has 1 N–H and O–H groups in total. The number of hydrogen-bond donors (Lipinski definition) is 1. The molecule has 174 valence electrons. The number of hydrogen-bond acceptors (Lipinski definition) is 7. The first-order chi connectivity index (χ1) is 16.3. The number of benzene rings is 1. The summed E-state index contributed by atoms with van der Waals surface area (Å²) in [5, 5.41) is 0.829. The number of aryl methyl sites for hydroxylation is 2. The number of H-pyrrole nitrogens is 1. The molecule has 9 heteroatoms. The second-order valence-corrected chi connectivity index (χ2v) is 8.75. The Bertz CT molecular complexity index is 1450. The van der Waals surface area contributed by atoms with E-state index in [0.29, 0.717) is 44.4 Å². The Morgan fingerprint density at radius 3 is 2.59 bits per heavy atom. The number of Topliss-reactive ketones (excluding diaryl/α,β-unsaturated/α-hetero) is 1. The number of nitrogens with zero attached hydrogens (tertiary/aromatic N) is 3. The fourth-order valence-electron chi connectivity index (χ4n) is 3.74. The van der Waals surface area contributed by atoms with E-state index >= 15 is 0 Å². The molecule has 3 aromatic heterocycles. The van der Waals surface area contributed by atoms with E-state index in [1.165, 1.54) is 4.57 Å². The number of ether oxygens (including phenoxy) is 1. The number of aromatic nitrogens is 4. The number of rotatable bonds is 7. The number of carbonyl (C=O) groups excluding carboxylic acids is 2. The number of para-hydroxylation sites is 1. The SMILES string of the molecule is CCOC(=O)c1c(C)[nH]c(C(=O)CSc2nc3ccccc3c(=O)n2-c2ccc(C)cn2)c1C. The van der Waals surface area contributed by atoms with Crippen LogP contribution in [0.1, 0.15) is 44.6 Å². The van der Waals surface area contributed by atoms with Crippen molar-refractivity contribution in [2.75, 3.05) is 12.4 Å². The minimum absolute atomic E-state index is 0.0136. The number of aromatic amines is 1. The van der Waals surface area contributed by atoms with Crippen LogP contribution in [0.25, 0.3) is 16.7 Å². The van der Waals surface area contributed by atoms with Crippen molar-refractivity contribution >= 4 is 34.4 Å². The zero-order valence-corrected chi connectivity index (χ0v) is 20.2. The quantitative estimate of drug-likeness (QED) is 0.184. The molecule has 0 amide bonds. The molecule has 8 nitrogen and oxygen atoms in total. The smallest absolute Gasteiger partial charge is 0.340 e. The number of fused-ring (bicyclic) bond motifs is 1. The Balaban J connectivity index is 1.70. The van der Waals surface area contributed by atoms with Crippen LogP contribution in [0.5, 0.6) is 0 Å². The molecule has 4 rings (SSSR count). The Labute approximate surface area is 200 Å². The predicted octanol–water partition coefficient (Wildman–Crippen LogP) is 4.19. The molecule has 4 aromatic rings. The first-order valence-electron chi connectivity index (χ1n) is 10.8. The maximum absolute atomic E-state index is 13.3. The lowest BCUT2D eigenvalue weighted by molar-refractivity contribution is 0.0525. The fraction of sp³-hybridized carbons (Fsp3) is 0.240. The molecule has 0 aliphatic heterocycles. The van der Waals surface area contributed by atoms with Crippen molar-refractivity contribution in [1.82, 2.24) is 19.5 Å². The monoisotopic (exact) mass is 476 g/mol. The second-order valence-electron chi connectivity index (χ2n) is 7.80. The Morgan fingerprint density at radius 2 is 1.88 bits per heavy atom. The van der Waals surface area contributed by atoms with E-state index in [9.17, 15) is 14.4 Å². The minimum Gasteiger partial charge on any atom is -0.462 e. The number of esters is 1. The van der Waals surface area contributed by atoms with Crippen molar-refractivity contribution in [3.63, 3.8) is 0 Å².